The van der Waals surface area contributed by atoms with Gasteiger partial charge in [-0.05, 0) is 18.2 Å². The van der Waals surface area contributed by atoms with Crippen LogP contribution in [-0.2, 0) is 0 Å². The van der Waals surface area contributed by atoms with Crippen molar-refractivity contribution in [3.8, 4) is 0 Å². The van der Waals surface area contributed by atoms with Crippen LogP contribution in [0.4, 0.5) is 32.0 Å². The van der Waals surface area contributed by atoms with E-state index in [0.717, 1.165) is 0 Å². The van der Waals surface area contributed by atoms with Crippen molar-refractivity contribution in [2.45, 2.75) is 17.2 Å². The molecule has 0 amide bonds. The van der Waals surface area contributed by atoms with E-state index in [1.165, 1.54) is 12.1 Å². The molecule has 1 rings (SSSR count). The number of nitrogen functional groups attached to an aromatic ring is 1. The molecule has 21 heavy (non-hydrogen) atoms. The fraction of sp³-hybridized carbons (Fsp3) is 0.273. The lowest BCUT2D eigenvalue weighted by atomic mass is 10.3. The Hall–Kier alpha value is -0.730. The molecule has 10 heteroatoms. The van der Waals surface area contributed by atoms with E-state index in [1.54, 1.807) is 6.07 Å². The summed E-state index contributed by atoms with van der Waals surface area (Å²) in [5, 5.41) is -0.999. The van der Waals surface area contributed by atoms with Crippen LogP contribution in [-0.4, -0.2) is 18.1 Å². The smallest absolute Gasteiger partial charge is 0.399 e. The average Bonchev–Trinajstić information content (AvgIpc) is 2.29. The van der Waals surface area contributed by atoms with E-state index in [-0.39, 0.29) is 5.02 Å². The molecule has 0 saturated carbocycles. The summed E-state index contributed by atoms with van der Waals surface area (Å²) in [6.07, 6.45) is -8.62. The molecule has 120 valence electrons. The second kappa shape index (κ2) is 8.05. The van der Waals surface area contributed by atoms with Crippen LogP contribution in [0.25, 0.3) is 0 Å². The van der Waals surface area contributed by atoms with Gasteiger partial charge in [-0.25, -0.2) is 0 Å². The van der Waals surface area contributed by atoms with Gasteiger partial charge in [-0.1, -0.05) is 29.8 Å². The van der Waals surface area contributed by atoms with Gasteiger partial charge in [-0.2, -0.15) is 26.3 Å². The maximum absolute atomic E-state index is 11.9. The summed E-state index contributed by atoms with van der Waals surface area (Å²) >= 11 is 10.7. The first kappa shape index (κ1) is 20.3. The lowest BCUT2D eigenvalue weighted by Gasteiger charge is -2.07. The third-order valence-corrected chi connectivity index (χ3v) is 3.43. The van der Waals surface area contributed by atoms with Crippen LogP contribution in [0.1, 0.15) is 0 Å². The van der Waals surface area contributed by atoms with Gasteiger partial charge in [0.15, 0.2) is 0 Å². The predicted molar refractivity (Wildman–Crippen MR) is 73.7 cm³/mol. The highest BCUT2D eigenvalue weighted by molar-refractivity contribution is 7.99. The number of hydrogen-bond donors (Lipinski definition) is 1. The third kappa shape index (κ3) is 9.76. The van der Waals surface area contributed by atoms with Crippen molar-refractivity contribution < 1.29 is 26.3 Å². The zero-order valence-corrected chi connectivity index (χ0v) is 12.5. The van der Waals surface area contributed by atoms with Gasteiger partial charge in [0.25, 0.3) is 0 Å². The lowest BCUT2D eigenvalue weighted by molar-refractivity contribution is -0.105. The molecule has 2 N–H and O–H groups in total. The SMILES string of the molecule is C=C(Cl)C(F)(F)F.Nc1ccc(Cl)c(SCC(F)(F)F)c1. The fourth-order valence-corrected chi connectivity index (χ4v) is 1.82. The number of nitrogens with two attached hydrogens (primary N) is 1. The molecule has 1 aromatic carbocycles. The van der Waals surface area contributed by atoms with Crippen molar-refractivity contribution >= 4 is 40.7 Å². The maximum atomic E-state index is 11.9. The highest BCUT2D eigenvalue weighted by atomic mass is 35.5. The number of benzene rings is 1. The second-order valence-electron chi connectivity index (χ2n) is 3.50. The number of allylic oxidation sites excluding steroid dienone is 1. The largest absolute Gasteiger partial charge is 0.426 e. The molecule has 0 bridgehead atoms. The Labute approximate surface area is 131 Å². The first-order chi connectivity index (χ1) is 9.33. The summed E-state index contributed by atoms with van der Waals surface area (Å²) < 4.78 is 68.5. The summed E-state index contributed by atoms with van der Waals surface area (Å²) in [6, 6.07) is 4.45. The Morgan fingerprint density at radius 3 is 2.05 bits per heavy atom. The molecule has 0 fully saturated rings. The van der Waals surface area contributed by atoms with Gasteiger partial charge in [0.1, 0.15) is 5.03 Å². The van der Waals surface area contributed by atoms with Crippen LogP contribution >= 0.6 is 35.0 Å². The van der Waals surface area contributed by atoms with Gasteiger partial charge in [-0.3, -0.25) is 0 Å². The lowest BCUT2D eigenvalue weighted by Crippen LogP contribution is -2.10. The molecule has 0 atom stereocenters. The van der Waals surface area contributed by atoms with Crippen LogP contribution in [0.5, 0.6) is 0 Å². The standard InChI is InChI=1S/C8H7ClF3NS.C3H2ClF3/c9-6-2-1-5(13)3-7(6)14-4-8(10,11)12;1-2(4)3(5,6)7/h1-3H,4,13H2;1H2. The molecule has 0 heterocycles. The third-order valence-electron chi connectivity index (χ3n) is 1.65. The molecule has 0 aliphatic rings. The van der Waals surface area contributed by atoms with Gasteiger partial charge in [0.05, 0.1) is 10.8 Å². The molecule has 0 saturated heterocycles. The first-order valence-electron chi connectivity index (χ1n) is 4.99. The van der Waals surface area contributed by atoms with Gasteiger partial charge < -0.3 is 5.73 Å². The summed E-state index contributed by atoms with van der Waals surface area (Å²) in [6.45, 7) is 2.47. The van der Waals surface area contributed by atoms with Crippen molar-refractivity contribution in [1.29, 1.82) is 0 Å². The summed E-state index contributed by atoms with van der Waals surface area (Å²) in [5.41, 5.74) is 5.82. The molecule has 1 nitrogen and oxygen atoms in total. The van der Waals surface area contributed by atoms with Crippen molar-refractivity contribution in [2.75, 3.05) is 11.5 Å². The Bertz CT molecular complexity index is 487. The highest BCUT2D eigenvalue weighted by Crippen LogP contribution is 2.33. The minimum absolute atomic E-state index is 0.286. The molecule has 0 radical (unpaired) electrons. The van der Waals surface area contributed by atoms with Gasteiger partial charge in [0.2, 0.25) is 0 Å². The van der Waals surface area contributed by atoms with Gasteiger partial charge in [-0.15, -0.1) is 11.8 Å². The minimum Gasteiger partial charge on any atom is -0.399 e. The second-order valence-corrected chi connectivity index (χ2v) is 5.38. The number of anilines is 1. The topological polar surface area (TPSA) is 26.0 Å². The van der Waals surface area contributed by atoms with E-state index in [0.29, 0.717) is 22.3 Å². The van der Waals surface area contributed by atoms with Crippen LogP contribution in [0.15, 0.2) is 34.7 Å². The van der Waals surface area contributed by atoms with Gasteiger partial charge >= 0.3 is 12.4 Å². The molecule has 0 aliphatic carbocycles. The molecule has 1 aromatic rings. The molecular weight excluding hydrogens is 363 g/mol. The molecule has 0 unspecified atom stereocenters. The van der Waals surface area contributed by atoms with Crippen molar-refractivity contribution in [2.24, 2.45) is 0 Å². The number of hydrogen-bond acceptors (Lipinski definition) is 2. The van der Waals surface area contributed by atoms with Crippen LogP contribution in [0, 0.1) is 0 Å². The number of rotatable bonds is 2. The summed E-state index contributed by atoms with van der Waals surface area (Å²) in [4.78, 5) is 0.351. The number of halogens is 8. The fourth-order valence-electron chi connectivity index (χ4n) is 0.790. The van der Waals surface area contributed by atoms with Crippen LogP contribution in [0.2, 0.25) is 5.02 Å². The monoisotopic (exact) mass is 371 g/mol. The number of alkyl halides is 6. The summed E-state index contributed by atoms with van der Waals surface area (Å²) in [5.74, 6) is -0.962. The first-order valence-corrected chi connectivity index (χ1v) is 6.73. The molecule has 0 aliphatic heterocycles. The van der Waals surface area contributed by atoms with E-state index in [1.807, 2.05) is 0 Å². The van der Waals surface area contributed by atoms with E-state index < -0.39 is 23.1 Å². The average molecular weight is 372 g/mol. The van der Waals surface area contributed by atoms with E-state index in [4.69, 9.17) is 17.3 Å². The molecule has 0 spiro atoms. The summed E-state index contributed by atoms with van der Waals surface area (Å²) in [7, 11) is 0. The van der Waals surface area contributed by atoms with E-state index in [2.05, 4.69) is 18.2 Å². The maximum Gasteiger partial charge on any atom is 0.426 e. The zero-order valence-electron chi connectivity index (χ0n) is 10.2. The molecule has 0 aromatic heterocycles. The zero-order chi connectivity index (χ0) is 16.8. The minimum atomic E-state index is -4.43. The van der Waals surface area contributed by atoms with Crippen molar-refractivity contribution in [3.63, 3.8) is 0 Å². The van der Waals surface area contributed by atoms with E-state index in [9.17, 15) is 26.3 Å². The highest BCUT2D eigenvalue weighted by Gasteiger charge is 2.30. The normalized spacial score (nSPS) is 11.6. The van der Waals surface area contributed by atoms with Crippen molar-refractivity contribution in [3.05, 3.63) is 34.8 Å². The molecular formula is C11H9Cl2F6NS. The Morgan fingerprint density at radius 1 is 1.19 bits per heavy atom. The quantitative estimate of drug-likeness (QED) is 0.399. The van der Waals surface area contributed by atoms with Crippen LogP contribution < -0.4 is 5.73 Å². The van der Waals surface area contributed by atoms with E-state index >= 15 is 0 Å². The van der Waals surface area contributed by atoms with Crippen molar-refractivity contribution in [1.82, 2.24) is 0 Å². The van der Waals surface area contributed by atoms with Crippen LogP contribution in [0.3, 0.4) is 0 Å². The Kier molecular flexibility index (Phi) is 7.77. The Morgan fingerprint density at radius 2 is 1.67 bits per heavy atom. The Balaban J connectivity index is 0.000000486. The van der Waals surface area contributed by atoms with Gasteiger partial charge in [0, 0.05) is 10.6 Å². The predicted octanol–water partition coefficient (Wildman–Crippen LogP) is 5.88. The number of thioether (sulfide) groups is 1.